The average Bonchev–Trinajstić information content (AvgIpc) is 3.47. The quantitative estimate of drug-likeness (QED) is 0.454. The van der Waals surface area contributed by atoms with E-state index in [-0.39, 0.29) is 17.2 Å². The normalized spacial score (nSPS) is 17.0. The summed E-state index contributed by atoms with van der Waals surface area (Å²) in [7, 11) is 1.42. The number of pyridine rings is 1. The molecule has 1 aliphatic carbocycles. The first-order chi connectivity index (χ1) is 16.4. The Hall–Kier alpha value is -3.95. The van der Waals surface area contributed by atoms with Crippen LogP contribution in [-0.4, -0.2) is 67.3 Å². The van der Waals surface area contributed by atoms with E-state index in [0.717, 1.165) is 42.0 Å². The molecule has 2 aliphatic rings. The van der Waals surface area contributed by atoms with Crippen molar-refractivity contribution in [1.29, 1.82) is 0 Å². The molecule has 0 unspecified atom stereocenters. The molecule has 2 fully saturated rings. The molecular formula is C24H25N7O3. The third-order valence-electron chi connectivity index (χ3n) is 6.87. The molecule has 0 aromatic carbocycles. The number of nitrogens with zero attached hydrogens (tertiary/aromatic N) is 7. The maximum atomic E-state index is 13.1. The highest BCUT2D eigenvalue weighted by molar-refractivity contribution is 5.70. The number of fused-ring (bicyclic) bond motifs is 2. The van der Waals surface area contributed by atoms with Crippen molar-refractivity contribution in [2.75, 3.05) is 31.6 Å². The van der Waals surface area contributed by atoms with Gasteiger partial charge in [-0.25, -0.2) is 19.3 Å². The summed E-state index contributed by atoms with van der Waals surface area (Å²) < 4.78 is 8.26. The number of anilines is 1. The van der Waals surface area contributed by atoms with Crippen molar-refractivity contribution in [3.63, 3.8) is 0 Å². The van der Waals surface area contributed by atoms with E-state index >= 15 is 0 Å². The lowest BCUT2D eigenvalue weighted by molar-refractivity contribution is 0.0924. The van der Waals surface area contributed by atoms with Gasteiger partial charge in [-0.05, 0) is 50.5 Å². The summed E-state index contributed by atoms with van der Waals surface area (Å²) in [4.78, 5) is 38.5. The molecule has 4 aromatic heterocycles. The number of piperazine rings is 1. The molecule has 4 aromatic rings. The second-order valence-corrected chi connectivity index (χ2v) is 9.23. The minimum Gasteiger partial charge on any atom is -0.453 e. The topological polar surface area (TPSA) is 97.3 Å². The predicted octanol–water partition coefficient (Wildman–Crippen LogP) is 2.44. The van der Waals surface area contributed by atoms with Gasteiger partial charge in [-0.2, -0.15) is 5.10 Å². The first-order valence-corrected chi connectivity index (χ1v) is 11.3. The Morgan fingerprint density at radius 2 is 1.88 bits per heavy atom. The molecule has 1 aliphatic heterocycles. The van der Waals surface area contributed by atoms with Crippen LogP contribution in [0.3, 0.4) is 0 Å². The van der Waals surface area contributed by atoms with E-state index in [1.807, 2.05) is 49.3 Å². The summed E-state index contributed by atoms with van der Waals surface area (Å²) >= 11 is 0. The fraction of sp³-hybridized carbons (Fsp3) is 0.375. The molecule has 10 nitrogen and oxygen atoms in total. The number of hydrogen-bond acceptors (Lipinski definition) is 7. The lowest BCUT2D eigenvalue weighted by Crippen LogP contribution is -2.57. The Bertz CT molecular complexity index is 1520. The molecule has 1 saturated carbocycles. The Balaban J connectivity index is 1.34. The van der Waals surface area contributed by atoms with E-state index in [1.54, 1.807) is 8.92 Å². The molecule has 6 rings (SSSR count). The fourth-order valence-electron chi connectivity index (χ4n) is 4.95. The number of carbonyl (C=O) groups is 1. The molecular weight excluding hydrogens is 434 g/mol. The van der Waals surface area contributed by atoms with Crippen LogP contribution in [0, 0.1) is 13.8 Å². The number of ether oxygens (including phenoxy) is 1. The van der Waals surface area contributed by atoms with Crippen LogP contribution in [0.4, 0.5) is 10.5 Å². The van der Waals surface area contributed by atoms with E-state index in [0.29, 0.717) is 30.1 Å². The van der Waals surface area contributed by atoms with Crippen LogP contribution in [0.5, 0.6) is 0 Å². The van der Waals surface area contributed by atoms with Gasteiger partial charge in [0, 0.05) is 31.9 Å². The number of rotatable bonds is 2. The Morgan fingerprint density at radius 3 is 2.65 bits per heavy atom. The van der Waals surface area contributed by atoms with Crippen LogP contribution < -0.4 is 10.5 Å². The van der Waals surface area contributed by atoms with Gasteiger partial charge in [-0.1, -0.05) is 0 Å². The molecule has 1 spiro atoms. The van der Waals surface area contributed by atoms with Gasteiger partial charge < -0.3 is 9.64 Å². The second-order valence-electron chi connectivity index (χ2n) is 9.23. The Morgan fingerprint density at radius 1 is 1.06 bits per heavy atom. The van der Waals surface area contributed by atoms with Crippen molar-refractivity contribution in [1.82, 2.24) is 28.9 Å². The molecule has 0 bridgehead atoms. The Labute approximate surface area is 195 Å². The highest BCUT2D eigenvalue weighted by Crippen LogP contribution is 2.45. The molecule has 10 heteroatoms. The van der Waals surface area contributed by atoms with Gasteiger partial charge >= 0.3 is 6.09 Å². The van der Waals surface area contributed by atoms with Crippen molar-refractivity contribution < 1.29 is 9.53 Å². The van der Waals surface area contributed by atoms with Crippen molar-refractivity contribution in [2.45, 2.75) is 32.2 Å². The van der Waals surface area contributed by atoms with Crippen molar-refractivity contribution >= 4 is 23.1 Å². The van der Waals surface area contributed by atoms with Crippen LogP contribution in [-0.2, 0) is 4.74 Å². The first-order valence-electron chi connectivity index (χ1n) is 11.3. The monoisotopic (exact) mass is 459 g/mol. The summed E-state index contributed by atoms with van der Waals surface area (Å²) in [5, 5.41) is 4.61. The lowest BCUT2D eigenvalue weighted by Gasteiger charge is -2.42. The molecule has 34 heavy (non-hydrogen) atoms. The van der Waals surface area contributed by atoms with Gasteiger partial charge in [0.1, 0.15) is 11.3 Å². The van der Waals surface area contributed by atoms with Gasteiger partial charge in [0.2, 0.25) is 0 Å². The summed E-state index contributed by atoms with van der Waals surface area (Å²) in [6.45, 7) is 5.89. The predicted molar refractivity (Wildman–Crippen MR) is 126 cm³/mol. The summed E-state index contributed by atoms with van der Waals surface area (Å²) in [6.07, 6.45) is 5.35. The standard InChI is InChI=1S/C24H25N7O3/c1-15-10-19(27-31-12-16(2)25-22(15)31)18-11-21(32)29-13-17(4-5-20(29)26-18)28-8-9-30(23(33)34-3)24(14-28)6-7-24/h4-5,10-13H,6-9,14H2,1-3H3. The second kappa shape index (κ2) is 7.28. The highest BCUT2D eigenvalue weighted by Gasteiger charge is 2.53. The molecule has 0 N–H and O–H groups in total. The number of aromatic nitrogens is 5. The van der Waals surface area contributed by atoms with Gasteiger partial charge in [-0.3, -0.25) is 14.1 Å². The molecule has 0 atom stereocenters. The molecule has 1 saturated heterocycles. The number of aryl methyl sites for hydroxylation is 2. The molecule has 5 heterocycles. The van der Waals surface area contributed by atoms with Gasteiger partial charge in [0.05, 0.1) is 35.9 Å². The highest BCUT2D eigenvalue weighted by atomic mass is 16.5. The Kier molecular flexibility index (Phi) is 4.42. The summed E-state index contributed by atoms with van der Waals surface area (Å²) in [5.74, 6) is 0. The number of imidazole rings is 1. The van der Waals surface area contributed by atoms with Crippen LogP contribution >= 0.6 is 0 Å². The molecule has 0 radical (unpaired) electrons. The first kappa shape index (κ1) is 20.6. The van der Waals surface area contributed by atoms with Gasteiger partial charge in [-0.15, -0.1) is 0 Å². The smallest absolute Gasteiger partial charge is 0.410 e. The number of hydrogen-bond donors (Lipinski definition) is 0. The molecule has 174 valence electrons. The number of methoxy groups -OCH3 is 1. The van der Waals surface area contributed by atoms with E-state index in [4.69, 9.17) is 9.72 Å². The van der Waals surface area contributed by atoms with Crippen LogP contribution in [0.15, 0.2) is 41.5 Å². The van der Waals surface area contributed by atoms with Crippen LogP contribution in [0.25, 0.3) is 22.7 Å². The van der Waals surface area contributed by atoms with E-state index in [9.17, 15) is 9.59 Å². The van der Waals surface area contributed by atoms with Crippen molar-refractivity contribution in [3.05, 3.63) is 58.3 Å². The number of amides is 1. The van der Waals surface area contributed by atoms with E-state index in [2.05, 4.69) is 15.0 Å². The zero-order valence-electron chi connectivity index (χ0n) is 19.4. The average molecular weight is 460 g/mol. The van der Waals surface area contributed by atoms with Crippen LogP contribution in [0.2, 0.25) is 0 Å². The SMILES string of the molecule is COC(=O)N1CCN(c2ccc3nc(-c4cc(C)c5nc(C)cn5n4)cc(=O)n3c2)CC12CC2. The number of carbonyl (C=O) groups excluding carboxylic acids is 1. The third kappa shape index (κ3) is 3.20. The minimum absolute atomic E-state index is 0.165. The van der Waals surface area contributed by atoms with Crippen LogP contribution in [0.1, 0.15) is 24.1 Å². The van der Waals surface area contributed by atoms with Gasteiger partial charge in [0.25, 0.3) is 5.56 Å². The maximum Gasteiger partial charge on any atom is 0.410 e. The van der Waals surface area contributed by atoms with Gasteiger partial charge in [0.15, 0.2) is 5.65 Å². The van der Waals surface area contributed by atoms with E-state index < -0.39 is 0 Å². The summed E-state index contributed by atoms with van der Waals surface area (Å²) in [5.41, 5.74) is 4.95. The van der Waals surface area contributed by atoms with E-state index in [1.165, 1.54) is 13.2 Å². The van der Waals surface area contributed by atoms with Crippen molar-refractivity contribution in [3.8, 4) is 11.4 Å². The fourth-order valence-corrected chi connectivity index (χ4v) is 4.95. The minimum atomic E-state index is -0.267. The lowest BCUT2D eigenvalue weighted by atomic mass is 10.1. The summed E-state index contributed by atoms with van der Waals surface area (Å²) in [6, 6.07) is 7.27. The third-order valence-corrected chi connectivity index (χ3v) is 6.87. The largest absolute Gasteiger partial charge is 0.453 e. The zero-order valence-corrected chi connectivity index (χ0v) is 19.4. The van der Waals surface area contributed by atoms with Crippen molar-refractivity contribution in [2.24, 2.45) is 0 Å². The zero-order chi connectivity index (χ0) is 23.6. The molecule has 1 amide bonds. The maximum absolute atomic E-state index is 13.1.